The summed E-state index contributed by atoms with van der Waals surface area (Å²) in [5.74, 6) is 2.06. The third kappa shape index (κ3) is 9.07. The van der Waals surface area contributed by atoms with Crippen LogP contribution in [0.25, 0.3) is 0 Å². The van der Waals surface area contributed by atoms with Crippen molar-refractivity contribution >= 4 is 33.1 Å². The molecule has 0 bridgehead atoms. The fourth-order valence-corrected chi connectivity index (χ4v) is 5.00. The van der Waals surface area contributed by atoms with Gasteiger partial charge in [-0.25, -0.2) is 13.1 Å². The molecule has 3 rings (SSSR count). The number of nitrogens with two attached hydrogens (primary N) is 1. The largest absolute Gasteiger partial charge is 1.00 e. The van der Waals surface area contributed by atoms with E-state index in [2.05, 4.69) is 9.62 Å². The summed E-state index contributed by atoms with van der Waals surface area (Å²) < 4.78 is 41.6. The minimum atomic E-state index is -3.17. The molecule has 1 aliphatic heterocycles. The van der Waals surface area contributed by atoms with Gasteiger partial charge in [-0.3, -0.25) is 4.79 Å². The van der Waals surface area contributed by atoms with Crippen LogP contribution in [0.2, 0.25) is 5.02 Å². The van der Waals surface area contributed by atoms with Gasteiger partial charge in [0.25, 0.3) is 0 Å². The lowest BCUT2D eigenvalue weighted by molar-refractivity contribution is 0.0958. The van der Waals surface area contributed by atoms with Gasteiger partial charge in [0.2, 0.25) is 10.0 Å². The van der Waals surface area contributed by atoms with Crippen LogP contribution in [0.1, 0.15) is 43.0 Å². The predicted octanol–water partition coefficient (Wildman–Crippen LogP) is 3.86. The van der Waals surface area contributed by atoms with Crippen molar-refractivity contribution in [1.29, 1.82) is 0 Å². The number of carbonyl (C=O) groups is 1. The molecule has 0 spiro atoms. The first kappa shape index (κ1) is 29.0. The summed E-state index contributed by atoms with van der Waals surface area (Å²) in [7, 11) is -0.00990. The van der Waals surface area contributed by atoms with Crippen LogP contribution in [0, 0.1) is 5.92 Å². The minimum Gasteiger partial charge on any atom is -0.497 e. The van der Waals surface area contributed by atoms with E-state index in [0.29, 0.717) is 59.0 Å². The summed E-state index contributed by atoms with van der Waals surface area (Å²) in [4.78, 5) is 15.4. The molecule has 0 amide bonds. The fourth-order valence-electron chi connectivity index (χ4n) is 4.37. The molecule has 1 heterocycles. The summed E-state index contributed by atoms with van der Waals surface area (Å²) in [6, 6.07) is 8.63. The number of ketones is 1. The number of piperidine rings is 1. The van der Waals surface area contributed by atoms with Crippen molar-refractivity contribution < 1.29 is 28.8 Å². The Morgan fingerprint density at radius 2 is 1.78 bits per heavy atom. The van der Waals surface area contributed by atoms with E-state index in [0.717, 1.165) is 44.2 Å². The second-order valence-corrected chi connectivity index (χ2v) is 11.5. The standard InChI is InChI=1S/C26H36ClN3O6S/c1-34-20-12-19(13-21(14-20)35-2)17-36-26-16-24(28)23(27)15-22(26)25(31)5-4-18-6-9-30(10-7-18)11-8-29-37(3,32)33/h12-16,18,29H,4-11,17,28H2,1-3H3/p+1. The zero-order valence-corrected chi connectivity index (χ0v) is 23.2. The highest BCUT2D eigenvalue weighted by Crippen LogP contribution is 2.32. The highest BCUT2D eigenvalue weighted by Gasteiger charge is 2.22. The quantitative estimate of drug-likeness (QED) is 0.283. The van der Waals surface area contributed by atoms with E-state index in [-0.39, 0.29) is 13.8 Å². The number of nitrogens with one attached hydrogen (secondary N) is 1. The van der Waals surface area contributed by atoms with Crippen LogP contribution in [0.4, 0.5) is 5.69 Å². The maximum Gasteiger partial charge on any atom is 1.00 e. The number of nitrogen functional groups attached to an aromatic ring is 1. The van der Waals surface area contributed by atoms with Gasteiger partial charge in [-0.2, -0.15) is 0 Å². The fraction of sp³-hybridized carbons (Fsp3) is 0.500. The number of benzene rings is 2. The Morgan fingerprint density at radius 3 is 2.38 bits per heavy atom. The van der Waals surface area contributed by atoms with Crippen LogP contribution in [-0.2, 0) is 16.6 Å². The molecule has 2 aromatic carbocycles. The van der Waals surface area contributed by atoms with Crippen molar-refractivity contribution in [2.24, 2.45) is 5.92 Å². The third-order valence-corrected chi connectivity index (χ3v) is 7.54. The van der Waals surface area contributed by atoms with E-state index in [1.807, 2.05) is 12.1 Å². The van der Waals surface area contributed by atoms with Gasteiger partial charge in [0.15, 0.2) is 5.78 Å². The molecule has 3 N–H and O–H groups in total. The molecular formula is C26H37ClN3O6S+. The summed E-state index contributed by atoms with van der Waals surface area (Å²) in [6.45, 7) is 3.06. The average molecular weight is 555 g/mol. The topological polar surface area (TPSA) is 120 Å². The maximum atomic E-state index is 13.2. The monoisotopic (exact) mass is 554 g/mol. The Kier molecular flexibility index (Phi) is 10.5. The average Bonchev–Trinajstić information content (AvgIpc) is 2.87. The van der Waals surface area contributed by atoms with Crippen LogP contribution in [0.15, 0.2) is 30.3 Å². The molecule has 37 heavy (non-hydrogen) atoms. The summed E-state index contributed by atoms with van der Waals surface area (Å²) in [5.41, 5.74) is 7.58. The second-order valence-electron chi connectivity index (χ2n) is 9.29. The van der Waals surface area contributed by atoms with Gasteiger partial charge in [0.1, 0.15) is 23.9 Å². The number of Topliss-reactive ketones (excluding diaryl/α,β-unsaturated/α-hetero) is 1. The first-order valence-electron chi connectivity index (χ1n) is 12.2. The molecule has 0 saturated carbocycles. The number of ether oxygens (including phenoxy) is 3. The van der Waals surface area contributed by atoms with Crippen LogP contribution < -0.4 is 24.7 Å². The number of hydrogen-bond acceptors (Lipinski definition) is 8. The summed E-state index contributed by atoms with van der Waals surface area (Å²) >= 11 is 6.25. The maximum absolute atomic E-state index is 13.2. The number of rotatable bonds is 13. The number of methoxy groups -OCH3 is 2. The Bertz CT molecular complexity index is 1170. The molecule has 204 valence electrons. The van der Waals surface area contributed by atoms with Gasteiger partial charge in [0, 0.05) is 31.6 Å². The Hall–Kier alpha value is -2.53. The Labute approximate surface area is 225 Å². The van der Waals surface area contributed by atoms with Crippen molar-refractivity contribution in [2.45, 2.75) is 32.3 Å². The molecular weight excluding hydrogens is 518 g/mol. The minimum absolute atomic E-state index is 0. The lowest BCUT2D eigenvalue weighted by atomic mass is 9.90. The lowest BCUT2D eigenvalue weighted by Gasteiger charge is -2.31. The van der Waals surface area contributed by atoms with Crippen molar-refractivity contribution in [3.63, 3.8) is 0 Å². The third-order valence-electron chi connectivity index (χ3n) is 6.48. The molecule has 11 heteroatoms. The molecule has 0 aliphatic carbocycles. The van der Waals surface area contributed by atoms with E-state index < -0.39 is 10.0 Å². The molecule has 0 unspecified atom stereocenters. The number of nitrogens with zero attached hydrogens (tertiary/aromatic N) is 1. The number of sulfonamides is 1. The normalized spacial score (nSPS) is 14.9. The first-order valence-corrected chi connectivity index (χ1v) is 14.5. The molecule has 2 aromatic rings. The zero-order chi connectivity index (χ0) is 27.0. The molecule has 9 nitrogen and oxygen atoms in total. The van der Waals surface area contributed by atoms with E-state index in [4.69, 9.17) is 31.5 Å². The van der Waals surface area contributed by atoms with Crippen LogP contribution in [0.5, 0.6) is 17.2 Å². The van der Waals surface area contributed by atoms with E-state index in [9.17, 15) is 13.2 Å². The van der Waals surface area contributed by atoms with Crippen LogP contribution in [0.3, 0.4) is 0 Å². The van der Waals surface area contributed by atoms with Gasteiger partial charge in [-0.1, -0.05) is 11.6 Å². The predicted molar refractivity (Wildman–Crippen MR) is 146 cm³/mol. The van der Waals surface area contributed by atoms with Crippen molar-refractivity contribution in [1.82, 2.24) is 9.62 Å². The van der Waals surface area contributed by atoms with E-state index in [1.165, 1.54) is 0 Å². The van der Waals surface area contributed by atoms with Crippen molar-refractivity contribution in [3.8, 4) is 17.2 Å². The molecule has 0 aromatic heterocycles. The lowest BCUT2D eigenvalue weighted by Crippen LogP contribution is -2.39. The Balaban J connectivity index is 0.00000507. The molecule has 0 atom stereocenters. The Morgan fingerprint density at radius 1 is 1.14 bits per heavy atom. The van der Waals surface area contributed by atoms with Crippen LogP contribution >= 0.6 is 11.6 Å². The zero-order valence-electron chi connectivity index (χ0n) is 22.6. The molecule has 0 radical (unpaired) electrons. The summed E-state index contributed by atoms with van der Waals surface area (Å²) in [5, 5.41) is 0.315. The second kappa shape index (κ2) is 13.3. The van der Waals surface area contributed by atoms with Gasteiger partial charge >= 0.3 is 1.43 Å². The summed E-state index contributed by atoms with van der Waals surface area (Å²) in [6.07, 6.45) is 4.24. The molecule has 1 aliphatic rings. The first-order chi connectivity index (χ1) is 17.6. The highest BCUT2D eigenvalue weighted by atomic mass is 35.5. The highest BCUT2D eigenvalue weighted by molar-refractivity contribution is 7.88. The van der Waals surface area contributed by atoms with Gasteiger partial charge in [-0.15, -0.1) is 0 Å². The smallest absolute Gasteiger partial charge is 0.497 e. The van der Waals surface area contributed by atoms with Crippen molar-refractivity contribution in [2.75, 3.05) is 52.4 Å². The van der Waals surface area contributed by atoms with Crippen LogP contribution in [-0.4, -0.2) is 65.8 Å². The SMILES string of the molecule is COc1cc(COc2cc(N)c(Cl)cc2C(=O)CCC2CCN(CCNS(C)(=O)=O)CC2)cc(OC)c1.[H+]. The number of likely N-dealkylation sites (tertiary alicyclic amines) is 1. The van der Waals surface area contributed by atoms with Gasteiger partial charge < -0.3 is 24.8 Å². The van der Waals surface area contributed by atoms with E-state index >= 15 is 0 Å². The molecule has 1 saturated heterocycles. The van der Waals surface area contributed by atoms with E-state index in [1.54, 1.807) is 32.4 Å². The van der Waals surface area contributed by atoms with Gasteiger partial charge in [0.05, 0.1) is 36.7 Å². The molecule has 1 fully saturated rings. The van der Waals surface area contributed by atoms with Crippen molar-refractivity contribution in [3.05, 3.63) is 46.5 Å². The van der Waals surface area contributed by atoms with Gasteiger partial charge in [-0.05, 0) is 62.0 Å². The number of hydrogen-bond donors (Lipinski definition) is 2. The number of carbonyl (C=O) groups excluding carboxylic acids is 1. The number of anilines is 1. The number of halogens is 1.